The lowest BCUT2D eigenvalue weighted by Crippen LogP contribution is -2.55. The molecule has 6 aliphatic rings. The summed E-state index contributed by atoms with van der Waals surface area (Å²) in [5, 5.41) is 23.1. The number of pyridine rings is 2. The minimum Gasteiger partial charge on any atom is -0.501 e. The van der Waals surface area contributed by atoms with Crippen LogP contribution in [0.25, 0.3) is 22.1 Å². The van der Waals surface area contributed by atoms with Crippen LogP contribution in [-0.2, 0) is 46.5 Å². The summed E-state index contributed by atoms with van der Waals surface area (Å²) < 4.78 is 18.4. The molecule has 10 heterocycles. The van der Waals surface area contributed by atoms with Gasteiger partial charge in [0.2, 0.25) is 11.5 Å². The molecule has 4 fully saturated rings. The maximum atomic E-state index is 13.2. The Kier molecular flexibility index (Phi) is 9.90. The summed E-state index contributed by atoms with van der Waals surface area (Å²) in [6, 6.07) is 12.1. The van der Waals surface area contributed by atoms with E-state index in [1.807, 2.05) is 24.3 Å². The lowest BCUT2D eigenvalue weighted by Gasteiger charge is -2.41. The zero-order valence-electron chi connectivity index (χ0n) is 35.5. The normalized spacial score (nSPS) is 20.5. The molecule has 2 N–H and O–H groups in total. The summed E-state index contributed by atoms with van der Waals surface area (Å²) in [6.07, 6.45) is 16.8. The standard InChI is InChI=1S/2C23H25N5O4/c2*29-19-18-22(31)26(16-13-32-14-16)10-11-27(18)17(25-21(19)30)12-23(6-1-2-7-23)28-9-5-15-4-3-8-24-20(15)28/h2*3-5,8-9,16,29H,1-2,6-7,10-14H2. The molecule has 0 atom stereocenters. The predicted octanol–water partition coefficient (Wildman–Crippen LogP) is 3.33. The molecule has 6 aromatic heterocycles. The van der Waals surface area contributed by atoms with Crippen LogP contribution in [0.15, 0.2) is 70.8 Å². The number of rotatable bonds is 8. The van der Waals surface area contributed by atoms with Crippen molar-refractivity contribution in [3.63, 3.8) is 0 Å². The van der Waals surface area contributed by atoms with E-state index in [9.17, 15) is 29.4 Å². The molecule has 2 aliphatic carbocycles. The number of hydrogen-bond donors (Lipinski definition) is 2. The van der Waals surface area contributed by atoms with E-state index in [4.69, 9.17) is 9.47 Å². The van der Waals surface area contributed by atoms with E-state index in [1.54, 1.807) is 31.3 Å². The van der Waals surface area contributed by atoms with Crippen molar-refractivity contribution >= 4 is 33.9 Å². The van der Waals surface area contributed by atoms with Crippen LogP contribution < -0.4 is 11.1 Å². The first-order valence-electron chi connectivity index (χ1n) is 22.4. The van der Waals surface area contributed by atoms with E-state index in [1.165, 1.54) is 0 Å². The topological polar surface area (TPSA) is 205 Å². The first-order valence-corrected chi connectivity index (χ1v) is 22.4. The Morgan fingerprint density at radius 3 is 1.36 bits per heavy atom. The number of amides is 2. The molecule has 0 spiro atoms. The summed E-state index contributed by atoms with van der Waals surface area (Å²) in [4.78, 5) is 72.8. The van der Waals surface area contributed by atoms with Gasteiger partial charge in [-0.3, -0.25) is 19.2 Å². The Balaban J connectivity index is 0.000000143. The summed E-state index contributed by atoms with van der Waals surface area (Å²) >= 11 is 0. The smallest absolute Gasteiger partial charge is 0.315 e. The summed E-state index contributed by atoms with van der Waals surface area (Å²) in [6.45, 7) is 3.98. The lowest BCUT2D eigenvalue weighted by molar-refractivity contribution is -0.0576. The average Bonchev–Trinajstić information content (AvgIpc) is 4.10. The van der Waals surface area contributed by atoms with Crippen LogP contribution in [0, 0.1) is 0 Å². The molecular weight excluding hydrogens is 821 g/mol. The highest BCUT2D eigenvalue weighted by Gasteiger charge is 2.44. The fourth-order valence-electron chi connectivity index (χ4n) is 11.1. The van der Waals surface area contributed by atoms with Gasteiger partial charge in [0.05, 0.1) is 49.6 Å². The molecule has 2 amide bonds. The van der Waals surface area contributed by atoms with Crippen molar-refractivity contribution in [2.24, 2.45) is 0 Å². The van der Waals surface area contributed by atoms with Crippen molar-refractivity contribution in [1.29, 1.82) is 0 Å². The van der Waals surface area contributed by atoms with Gasteiger partial charge in [-0.1, -0.05) is 25.7 Å². The third-order valence-corrected chi connectivity index (χ3v) is 14.6. The lowest BCUT2D eigenvalue weighted by atomic mass is 9.91. The van der Waals surface area contributed by atoms with Crippen LogP contribution >= 0.6 is 0 Å². The van der Waals surface area contributed by atoms with Crippen molar-refractivity contribution in [1.82, 2.24) is 48.0 Å². The molecule has 18 heteroatoms. The highest BCUT2D eigenvalue weighted by molar-refractivity contribution is 5.96. The third-order valence-electron chi connectivity index (χ3n) is 14.6. The van der Waals surface area contributed by atoms with E-state index >= 15 is 0 Å². The van der Waals surface area contributed by atoms with Gasteiger partial charge in [-0.25, -0.2) is 9.97 Å². The van der Waals surface area contributed by atoms with Crippen LogP contribution in [-0.4, -0.2) is 122 Å². The van der Waals surface area contributed by atoms with Crippen molar-refractivity contribution in [3.8, 4) is 11.5 Å². The van der Waals surface area contributed by atoms with Gasteiger partial charge in [0.25, 0.3) is 11.8 Å². The zero-order valence-corrected chi connectivity index (χ0v) is 35.5. The first-order chi connectivity index (χ1) is 31.1. The molecule has 0 radical (unpaired) electrons. The van der Waals surface area contributed by atoms with Gasteiger partial charge in [-0.15, -0.1) is 0 Å². The van der Waals surface area contributed by atoms with E-state index in [2.05, 4.69) is 53.6 Å². The minimum atomic E-state index is -0.741. The zero-order chi connectivity index (χ0) is 43.7. The predicted molar refractivity (Wildman–Crippen MR) is 231 cm³/mol. The van der Waals surface area contributed by atoms with Gasteiger partial charge in [-0.2, -0.15) is 9.97 Å². The van der Waals surface area contributed by atoms with E-state index < -0.39 is 22.6 Å². The maximum absolute atomic E-state index is 13.2. The SMILES string of the molecule is O=C1c2c(O)c(=O)nc(CC3(n4ccc5cccnc54)CCCC3)n2CCN1C1COC1.O=C1c2c(O)c(=O)nc(CC3(n4ccc5cccnc54)CCCC3)n2CCN1C1COC1. The fraction of sp³-hybridized carbons (Fsp3) is 0.478. The number of aromatic nitrogens is 8. The third kappa shape index (κ3) is 6.51. The molecule has 2 saturated carbocycles. The highest BCUT2D eigenvalue weighted by Crippen LogP contribution is 2.43. The first kappa shape index (κ1) is 40.4. The van der Waals surface area contributed by atoms with Crippen molar-refractivity contribution in [2.45, 2.75) is 100 Å². The average molecular weight is 871 g/mol. The second-order valence-electron chi connectivity index (χ2n) is 18.2. The Hall–Kier alpha value is -6.40. The molecule has 0 unspecified atom stereocenters. The molecule has 4 aliphatic heterocycles. The van der Waals surface area contributed by atoms with Crippen molar-refractivity contribution in [2.75, 3.05) is 39.5 Å². The Bertz CT molecular complexity index is 2740. The van der Waals surface area contributed by atoms with Crippen LogP contribution in [0.4, 0.5) is 0 Å². The highest BCUT2D eigenvalue weighted by atomic mass is 16.5. The number of carbonyl (C=O) groups is 2. The Labute approximate surface area is 366 Å². The summed E-state index contributed by atoms with van der Waals surface area (Å²) in [7, 11) is 0. The monoisotopic (exact) mass is 870 g/mol. The number of fused-ring (bicyclic) bond motifs is 4. The number of hydrogen-bond acceptors (Lipinski definition) is 12. The van der Waals surface area contributed by atoms with Crippen molar-refractivity contribution < 1.29 is 29.3 Å². The van der Waals surface area contributed by atoms with Crippen LogP contribution in [0.5, 0.6) is 11.5 Å². The van der Waals surface area contributed by atoms with Crippen LogP contribution in [0.2, 0.25) is 0 Å². The summed E-state index contributed by atoms with van der Waals surface area (Å²) in [5.74, 6) is -0.650. The van der Waals surface area contributed by atoms with Gasteiger partial charge in [0.15, 0.2) is 11.4 Å². The molecule has 18 nitrogen and oxygen atoms in total. The number of aromatic hydroxyl groups is 2. The number of carbonyl (C=O) groups excluding carboxylic acids is 2. The number of nitrogens with zero attached hydrogens (tertiary/aromatic N) is 10. The second-order valence-corrected chi connectivity index (χ2v) is 18.2. The van der Waals surface area contributed by atoms with Gasteiger partial charge < -0.3 is 47.8 Å². The largest absolute Gasteiger partial charge is 0.501 e. The van der Waals surface area contributed by atoms with Gasteiger partial charge in [0, 0.05) is 74.6 Å². The van der Waals surface area contributed by atoms with Gasteiger partial charge >= 0.3 is 11.1 Å². The quantitative estimate of drug-likeness (QED) is 0.226. The second kappa shape index (κ2) is 15.7. The molecule has 64 heavy (non-hydrogen) atoms. The Morgan fingerprint density at radius 2 is 0.984 bits per heavy atom. The molecule has 332 valence electrons. The minimum absolute atomic E-state index is 0.000791. The Morgan fingerprint density at radius 1 is 0.578 bits per heavy atom. The van der Waals surface area contributed by atoms with Gasteiger partial charge in [0.1, 0.15) is 22.9 Å². The van der Waals surface area contributed by atoms with E-state index in [-0.39, 0.29) is 46.4 Å². The molecular formula is C46H50N10O8. The van der Waals surface area contributed by atoms with Crippen LogP contribution in [0.3, 0.4) is 0 Å². The maximum Gasteiger partial charge on any atom is 0.315 e. The van der Waals surface area contributed by atoms with Gasteiger partial charge in [-0.05, 0) is 62.1 Å². The summed E-state index contributed by atoms with van der Waals surface area (Å²) in [5.41, 5.74) is -0.0680. The molecule has 6 aromatic rings. The van der Waals surface area contributed by atoms with E-state index in [0.29, 0.717) is 77.1 Å². The molecule has 2 saturated heterocycles. The van der Waals surface area contributed by atoms with Crippen molar-refractivity contribution in [3.05, 3.63) is 105 Å². The molecule has 0 aromatic carbocycles. The van der Waals surface area contributed by atoms with E-state index in [0.717, 1.165) is 73.4 Å². The fourth-order valence-corrected chi connectivity index (χ4v) is 11.1. The molecule has 0 bridgehead atoms. The van der Waals surface area contributed by atoms with Crippen LogP contribution in [0.1, 0.15) is 84.0 Å². The number of ether oxygens (including phenoxy) is 2. The molecule has 12 rings (SSSR count).